The lowest BCUT2D eigenvalue weighted by atomic mass is 10.1. The molecule has 2 aromatic rings. The van der Waals surface area contributed by atoms with Gasteiger partial charge in [-0.25, -0.2) is 12.7 Å². The fourth-order valence-corrected chi connectivity index (χ4v) is 3.18. The molecule has 0 spiro atoms. The molecule has 2 rings (SSSR count). The number of aryl methyl sites for hydroxylation is 2. The van der Waals surface area contributed by atoms with Gasteiger partial charge >= 0.3 is 0 Å². The highest BCUT2D eigenvalue weighted by atomic mass is 32.2. The molecule has 5 nitrogen and oxygen atoms in total. The van der Waals surface area contributed by atoms with Crippen LogP contribution in [0.25, 0.3) is 6.08 Å². The molecule has 2 aromatic carbocycles. The molecule has 0 saturated carbocycles. The van der Waals surface area contributed by atoms with Crippen LogP contribution < -0.4 is 5.32 Å². The van der Waals surface area contributed by atoms with Crippen LogP contribution in [0.2, 0.25) is 0 Å². The second kappa shape index (κ2) is 7.63. The van der Waals surface area contributed by atoms with Gasteiger partial charge in [0.2, 0.25) is 15.9 Å². The fraction of sp³-hybridized carbons (Fsp3) is 0.211. The number of benzene rings is 2. The van der Waals surface area contributed by atoms with E-state index in [1.165, 1.54) is 37.9 Å². The predicted molar refractivity (Wildman–Crippen MR) is 101 cm³/mol. The molecule has 0 aliphatic heterocycles. The molecule has 0 bridgehead atoms. The van der Waals surface area contributed by atoms with Crippen molar-refractivity contribution in [2.24, 2.45) is 0 Å². The normalized spacial score (nSPS) is 11.9. The number of nitrogens with zero attached hydrogens (tertiary/aromatic N) is 1. The second-order valence-corrected chi connectivity index (χ2v) is 8.15. The summed E-state index contributed by atoms with van der Waals surface area (Å²) in [5.41, 5.74) is 3.79. The molecular weight excluding hydrogens is 336 g/mol. The van der Waals surface area contributed by atoms with Crippen molar-refractivity contribution in [3.05, 3.63) is 65.2 Å². The number of rotatable bonds is 5. The number of carbonyl (C=O) groups excluding carboxylic acids is 1. The highest BCUT2D eigenvalue weighted by molar-refractivity contribution is 7.89. The minimum absolute atomic E-state index is 0.182. The van der Waals surface area contributed by atoms with Crippen molar-refractivity contribution in [1.82, 2.24) is 4.31 Å². The van der Waals surface area contributed by atoms with Crippen molar-refractivity contribution in [3.63, 3.8) is 0 Å². The van der Waals surface area contributed by atoms with Gasteiger partial charge < -0.3 is 5.32 Å². The first-order valence-corrected chi connectivity index (χ1v) is 9.23. The third-order valence-corrected chi connectivity index (χ3v) is 5.57. The van der Waals surface area contributed by atoms with Crippen LogP contribution in [0, 0.1) is 13.8 Å². The Morgan fingerprint density at radius 1 is 1.04 bits per heavy atom. The molecular formula is C19H22N2O3S. The lowest BCUT2D eigenvalue weighted by molar-refractivity contribution is -0.111. The van der Waals surface area contributed by atoms with E-state index in [1.807, 2.05) is 26.0 Å². The maximum absolute atomic E-state index is 12.0. The molecule has 6 heteroatoms. The van der Waals surface area contributed by atoms with Gasteiger partial charge in [0.1, 0.15) is 0 Å². The number of amides is 1. The molecule has 25 heavy (non-hydrogen) atoms. The molecule has 0 atom stereocenters. The third kappa shape index (κ3) is 4.78. The average molecular weight is 358 g/mol. The van der Waals surface area contributed by atoms with Gasteiger partial charge in [-0.3, -0.25) is 4.79 Å². The number of carbonyl (C=O) groups is 1. The first kappa shape index (κ1) is 18.9. The zero-order valence-electron chi connectivity index (χ0n) is 14.8. The van der Waals surface area contributed by atoms with Crippen LogP contribution in [0.1, 0.15) is 16.7 Å². The monoisotopic (exact) mass is 358 g/mol. The van der Waals surface area contributed by atoms with Crippen molar-refractivity contribution in [2.75, 3.05) is 19.4 Å². The van der Waals surface area contributed by atoms with Crippen LogP contribution >= 0.6 is 0 Å². The molecule has 1 amide bonds. The van der Waals surface area contributed by atoms with Crippen LogP contribution in [0.3, 0.4) is 0 Å². The van der Waals surface area contributed by atoms with E-state index >= 15 is 0 Å². The SMILES string of the molecule is Cc1ccc(/C=C/C(=O)Nc2ccc(S(=O)(=O)N(C)C)cc2)c(C)c1. The minimum atomic E-state index is -3.47. The van der Waals surface area contributed by atoms with Crippen molar-refractivity contribution >= 4 is 27.7 Å². The summed E-state index contributed by atoms with van der Waals surface area (Å²) in [6.45, 7) is 4.02. The van der Waals surface area contributed by atoms with E-state index in [9.17, 15) is 13.2 Å². The van der Waals surface area contributed by atoms with Crippen molar-refractivity contribution in [3.8, 4) is 0 Å². The van der Waals surface area contributed by atoms with Gasteiger partial charge in [0.15, 0.2) is 0 Å². The Hall–Kier alpha value is -2.44. The summed E-state index contributed by atoms with van der Waals surface area (Å²) in [7, 11) is -0.520. The van der Waals surface area contributed by atoms with Crippen LogP contribution in [0.15, 0.2) is 53.4 Å². The van der Waals surface area contributed by atoms with Gasteiger partial charge in [-0.1, -0.05) is 23.8 Å². The summed E-state index contributed by atoms with van der Waals surface area (Å²) in [5, 5.41) is 2.72. The summed E-state index contributed by atoms with van der Waals surface area (Å²) in [4.78, 5) is 12.2. The van der Waals surface area contributed by atoms with Gasteiger partial charge in [0.25, 0.3) is 0 Å². The molecule has 0 aliphatic rings. The first-order chi connectivity index (χ1) is 11.7. The Bertz CT molecular complexity index is 899. The highest BCUT2D eigenvalue weighted by Gasteiger charge is 2.16. The molecule has 0 unspecified atom stereocenters. The third-order valence-electron chi connectivity index (χ3n) is 3.74. The van der Waals surface area contributed by atoms with Gasteiger partial charge in [-0.2, -0.15) is 0 Å². The molecule has 1 N–H and O–H groups in total. The maximum Gasteiger partial charge on any atom is 0.248 e. The molecule has 0 radical (unpaired) electrons. The van der Waals surface area contributed by atoms with Gasteiger partial charge in [-0.15, -0.1) is 0 Å². The van der Waals surface area contributed by atoms with Crippen LogP contribution in [0.4, 0.5) is 5.69 Å². The van der Waals surface area contributed by atoms with Crippen molar-refractivity contribution in [1.29, 1.82) is 0 Å². The van der Waals surface area contributed by atoms with Crippen molar-refractivity contribution in [2.45, 2.75) is 18.7 Å². The van der Waals surface area contributed by atoms with Gasteiger partial charge in [-0.05, 0) is 55.3 Å². The maximum atomic E-state index is 12.0. The van der Waals surface area contributed by atoms with E-state index in [-0.39, 0.29) is 10.8 Å². The smallest absolute Gasteiger partial charge is 0.248 e. The van der Waals surface area contributed by atoms with E-state index in [1.54, 1.807) is 18.2 Å². The molecule has 0 aromatic heterocycles. The van der Waals surface area contributed by atoms with E-state index in [0.29, 0.717) is 5.69 Å². The van der Waals surface area contributed by atoms with E-state index in [2.05, 4.69) is 11.4 Å². The Morgan fingerprint density at radius 2 is 1.68 bits per heavy atom. The van der Waals surface area contributed by atoms with Crippen molar-refractivity contribution < 1.29 is 13.2 Å². The summed E-state index contributed by atoms with van der Waals surface area (Å²) in [6, 6.07) is 12.1. The lowest BCUT2D eigenvalue weighted by Crippen LogP contribution is -2.22. The molecule has 0 aliphatic carbocycles. The number of anilines is 1. The van der Waals surface area contributed by atoms with E-state index < -0.39 is 10.0 Å². The summed E-state index contributed by atoms with van der Waals surface area (Å²) >= 11 is 0. The van der Waals surface area contributed by atoms with Crippen LogP contribution in [-0.2, 0) is 14.8 Å². The zero-order chi connectivity index (χ0) is 18.6. The predicted octanol–water partition coefficient (Wildman–Crippen LogP) is 3.21. The molecule has 132 valence electrons. The Morgan fingerprint density at radius 3 is 2.24 bits per heavy atom. The number of nitrogens with one attached hydrogen (secondary N) is 1. The Balaban J connectivity index is 2.07. The van der Waals surface area contributed by atoms with Gasteiger partial charge in [0, 0.05) is 25.9 Å². The highest BCUT2D eigenvalue weighted by Crippen LogP contribution is 2.17. The zero-order valence-corrected chi connectivity index (χ0v) is 15.6. The molecule has 0 fully saturated rings. The minimum Gasteiger partial charge on any atom is -0.323 e. The van der Waals surface area contributed by atoms with Gasteiger partial charge in [0.05, 0.1) is 4.90 Å². The molecule has 0 saturated heterocycles. The Labute approximate surface area is 149 Å². The summed E-state index contributed by atoms with van der Waals surface area (Å²) < 4.78 is 25.2. The number of hydrogen-bond acceptors (Lipinski definition) is 3. The number of sulfonamides is 1. The van der Waals surface area contributed by atoms with E-state index in [4.69, 9.17) is 0 Å². The lowest BCUT2D eigenvalue weighted by Gasteiger charge is -2.11. The topological polar surface area (TPSA) is 66.5 Å². The fourth-order valence-electron chi connectivity index (χ4n) is 2.28. The summed E-state index contributed by atoms with van der Waals surface area (Å²) in [6.07, 6.45) is 3.22. The van der Waals surface area contributed by atoms with Crippen LogP contribution in [0.5, 0.6) is 0 Å². The van der Waals surface area contributed by atoms with Crippen LogP contribution in [-0.4, -0.2) is 32.7 Å². The number of hydrogen-bond donors (Lipinski definition) is 1. The standard InChI is InChI=1S/C19H22N2O3S/c1-14-5-6-16(15(2)13-14)7-12-19(22)20-17-8-10-18(11-9-17)25(23,24)21(3)4/h5-13H,1-4H3,(H,20,22)/b12-7+. The molecule has 0 heterocycles. The second-order valence-electron chi connectivity index (χ2n) is 5.99. The quantitative estimate of drug-likeness (QED) is 0.835. The largest absolute Gasteiger partial charge is 0.323 e. The Kier molecular flexibility index (Phi) is 5.77. The first-order valence-electron chi connectivity index (χ1n) is 7.79. The summed E-state index contributed by atoms with van der Waals surface area (Å²) in [5.74, 6) is -0.275. The van der Waals surface area contributed by atoms with E-state index in [0.717, 1.165) is 15.4 Å². The average Bonchev–Trinajstić information content (AvgIpc) is 2.54.